The lowest BCUT2D eigenvalue weighted by Crippen LogP contribution is -2.17. The first-order valence-corrected chi connectivity index (χ1v) is 5.15. The van der Waals surface area contributed by atoms with E-state index < -0.39 is 6.10 Å². The molecule has 1 aromatic heterocycles. The van der Waals surface area contributed by atoms with Gasteiger partial charge in [0, 0.05) is 11.6 Å². The van der Waals surface area contributed by atoms with Crippen molar-refractivity contribution in [1.82, 2.24) is 0 Å². The first-order valence-electron chi connectivity index (χ1n) is 5.15. The van der Waals surface area contributed by atoms with Crippen LogP contribution >= 0.6 is 0 Å². The van der Waals surface area contributed by atoms with Crippen LogP contribution < -0.4 is 5.73 Å². The smallest absolute Gasteiger partial charge is 0.0963 e. The van der Waals surface area contributed by atoms with Crippen LogP contribution in [-0.2, 0) is 0 Å². The molecular weight excluding hydrogens is 178 g/mol. The average molecular weight is 195 g/mol. The van der Waals surface area contributed by atoms with Gasteiger partial charge in [0.15, 0.2) is 0 Å². The third-order valence-electron chi connectivity index (χ3n) is 3.17. The molecule has 1 heterocycles. The van der Waals surface area contributed by atoms with Gasteiger partial charge in [0.05, 0.1) is 18.6 Å². The standard InChI is InChI=1S/C11H17NO2/c1-7-5-14-6-10(7)11(13)8-2-3-9(12)4-8/h5-6,8-9,11,13H,2-4,12H2,1H3. The van der Waals surface area contributed by atoms with Crippen molar-refractivity contribution >= 4 is 0 Å². The number of furan rings is 1. The van der Waals surface area contributed by atoms with E-state index in [0.717, 1.165) is 30.4 Å². The zero-order valence-electron chi connectivity index (χ0n) is 8.44. The van der Waals surface area contributed by atoms with E-state index in [2.05, 4.69) is 0 Å². The third kappa shape index (κ3) is 1.70. The zero-order chi connectivity index (χ0) is 10.1. The number of hydrogen-bond donors (Lipinski definition) is 2. The molecule has 3 nitrogen and oxygen atoms in total. The fourth-order valence-electron chi connectivity index (χ4n) is 2.27. The van der Waals surface area contributed by atoms with E-state index in [9.17, 15) is 5.11 Å². The van der Waals surface area contributed by atoms with Gasteiger partial charge in [-0.1, -0.05) is 0 Å². The van der Waals surface area contributed by atoms with Gasteiger partial charge in [-0.15, -0.1) is 0 Å². The van der Waals surface area contributed by atoms with Gasteiger partial charge in [0.25, 0.3) is 0 Å². The number of nitrogens with two attached hydrogens (primary N) is 1. The van der Waals surface area contributed by atoms with Crippen LogP contribution in [0.5, 0.6) is 0 Å². The van der Waals surface area contributed by atoms with Crippen LogP contribution in [0.1, 0.15) is 36.5 Å². The molecule has 0 aromatic carbocycles. The first kappa shape index (κ1) is 9.74. The number of aliphatic hydroxyl groups excluding tert-OH is 1. The fraction of sp³-hybridized carbons (Fsp3) is 0.636. The summed E-state index contributed by atoms with van der Waals surface area (Å²) in [6, 6.07) is 0.266. The Bertz CT molecular complexity index is 308. The second kappa shape index (κ2) is 3.75. The summed E-state index contributed by atoms with van der Waals surface area (Å²) in [4.78, 5) is 0. The maximum atomic E-state index is 10.1. The first-order chi connectivity index (χ1) is 6.68. The van der Waals surface area contributed by atoms with Crippen molar-refractivity contribution in [2.45, 2.75) is 38.3 Å². The van der Waals surface area contributed by atoms with Crippen molar-refractivity contribution in [3.63, 3.8) is 0 Å². The van der Waals surface area contributed by atoms with Crippen LogP contribution in [0.4, 0.5) is 0 Å². The summed E-state index contributed by atoms with van der Waals surface area (Å²) in [7, 11) is 0. The predicted octanol–water partition coefficient (Wildman–Crippen LogP) is 1.75. The van der Waals surface area contributed by atoms with Gasteiger partial charge >= 0.3 is 0 Å². The molecular formula is C11H17NO2. The maximum absolute atomic E-state index is 10.1. The van der Waals surface area contributed by atoms with E-state index >= 15 is 0 Å². The third-order valence-corrected chi connectivity index (χ3v) is 3.17. The van der Waals surface area contributed by atoms with Crippen LogP contribution in [0.3, 0.4) is 0 Å². The topological polar surface area (TPSA) is 59.4 Å². The Morgan fingerprint density at radius 3 is 2.79 bits per heavy atom. The van der Waals surface area contributed by atoms with E-state index in [1.165, 1.54) is 0 Å². The molecule has 0 radical (unpaired) electrons. The molecule has 0 bridgehead atoms. The van der Waals surface area contributed by atoms with Gasteiger partial charge in [0.2, 0.25) is 0 Å². The van der Waals surface area contributed by atoms with Gasteiger partial charge in [0.1, 0.15) is 0 Å². The Morgan fingerprint density at radius 1 is 1.50 bits per heavy atom. The average Bonchev–Trinajstić information content (AvgIpc) is 2.73. The fourth-order valence-corrected chi connectivity index (χ4v) is 2.27. The minimum Gasteiger partial charge on any atom is -0.472 e. The number of aliphatic hydroxyl groups is 1. The highest BCUT2D eigenvalue weighted by Gasteiger charge is 2.30. The summed E-state index contributed by atoms with van der Waals surface area (Å²) in [5.41, 5.74) is 7.77. The molecule has 1 aromatic rings. The highest BCUT2D eigenvalue weighted by atomic mass is 16.3. The van der Waals surface area contributed by atoms with Crippen LogP contribution in [0, 0.1) is 12.8 Å². The molecule has 14 heavy (non-hydrogen) atoms. The minimum absolute atomic E-state index is 0.266. The molecule has 3 N–H and O–H groups in total. The van der Waals surface area contributed by atoms with Crippen LogP contribution in [0.25, 0.3) is 0 Å². The summed E-state index contributed by atoms with van der Waals surface area (Å²) in [5, 5.41) is 10.1. The van der Waals surface area contributed by atoms with Crippen molar-refractivity contribution < 1.29 is 9.52 Å². The molecule has 1 aliphatic rings. The SMILES string of the molecule is Cc1cocc1C(O)C1CCC(N)C1. The van der Waals surface area contributed by atoms with Gasteiger partial charge in [-0.25, -0.2) is 0 Å². The van der Waals surface area contributed by atoms with Crippen molar-refractivity contribution in [2.24, 2.45) is 11.7 Å². The van der Waals surface area contributed by atoms with Gasteiger partial charge in [-0.2, -0.15) is 0 Å². The molecule has 3 heteroatoms. The normalized spacial score (nSPS) is 29.4. The molecule has 0 aliphatic heterocycles. The lowest BCUT2D eigenvalue weighted by atomic mass is 9.94. The monoisotopic (exact) mass is 195 g/mol. The summed E-state index contributed by atoms with van der Waals surface area (Å²) in [6.07, 6.45) is 5.89. The lowest BCUT2D eigenvalue weighted by molar-refractivity contribution is 0.109. The minimum atomic E-state index is -0.401. The molecule has 1 aliphatic carbocycles. The quantitative estimate of drug-likeness (QED) is 0.755. The molecule has 78 valence electrons. The molecule has 3 atom stereocenters. The number of aryl methyl sites for hydroxylation is 1. The summed E-state index contributed by atoms with van der Waals surface area (Å²) < 4.78 is 5.06. The Balaban J connectivity index is 2.09. The van der Waals surface area contributed by atoms with Crippen LogP contribution in [0.15, 0.2) is 16.9 Å². The van der Waals surface area contributed by atoms with Gasteiger partial charge in [-0.3, -0.25) is 0 Å². The van der Waals surface area contributed by atoms with Crippen molar-refractivity contribution in [1.29, 1.82) is 0 Å². The second-order valence-corrected chi connectivity index (χ2v) is 4.29. The molecule has 0 saturated heterocycles. The summed E-state index contributed by atoms with van der Waals surface area (Å²) in [5.74, 6) is 0.307. The Labute approximate surface area is 83.9 Å². The lowest BCUT2D eigenvalue weighted by Gasteiger charge is -2.17. The van der Waals surface area contributed by atoms with Crippen molar-refractivity contribution in [2.75, 3.05) is 0 Å². The Kier molecular flexibility index (Phi) is 2.61. The molecule has 3 unspecified atom stereocenters. The summed E-state index contributed by atoms with van der Waals surface area (Å²) >= 11 is 0. The second-order valence-electron chi connectivity index (χ2n) is 4.29. The van der Waals surface area contributed by atoms with E-state index in [1.807, 2.05) is 6.92 Å². The molecule has 2 rings (SSSR count). The zero-order valence-corrected chi connectivity index (χ0v) is 8.44. The van der Waals surface area contributed by atoms with E-state index in [1.54, 1.807) is 12.5 Å². The Morgan fingerprint density at radius 2 is 2.29 bits per heavy atom. The van der Waals surface area contributed by atoms with Crippen molar-refractivity contribution in [3.8, 4) is 0 Å². The highest BCUT2D eigenvalue weighted by Crippen LogP contribution is 2.36. The largest absolute Gasteiger partial charge is 0.472 e. The molecule has 0 amide bonds. The number of rotatable bonds is 2. The Hall–Kier alpha value is -0.800. The van der Waals surface area contributed by atoms with Crippen LogP contribution in [-0.4, -0.2) is 11.1 Å². The van der Waals surface area contributed by atoms with E-state index in [0.29, 0.717) is 5.92 Å². The highest BCUT2D eigenvalue weighted by molar-refractivity contribution is 5.22. The van der Waals surface area contributed by atoms with Crippen molar-refractivity contribution in [3.05, 3.63) is 23.7 Å². The summed E-state index contributed by atoms with van der Waals surface area (Å²) in [6.45, 7) is 1.96. The molecule has 1 saturated carbocycles. The van der Waals surface area contributed by atoms with E-state index in [4.69, 9.17) is 10.2 Å². The van der Waals surface area contributed by atoms with Crippen LogP contribution in [0.2, 0.25) is 0 Å². The predicted molar refractivity (Wildman–Crippen MR) is 53.7 cm³/mol. The van der Waals surface area contributed by atoms with E-state index in [-0.39, 0.29) is 6.04 Å². The van der Waals surface area contributed by atoms with Gasteiger partial charge < -0.3 is 15.3 Å². The number of hydrogen-bond acceptors (Lipinski definition) is 3. The molecule has 0 spiro atoms. The maximum Gasteiger partial charge on any atom is 0.0963 e. The molecule has 1 fully saturated rings. The van der Waals surface area contributed by atoms with Gasteiger partial charge in [-0.05, 0) is 37.7 Å².